The van der Waals surface area contributed by atoms with Crippen LogP contribution in [0.1, 0.15) is 42.5 Å². The van der Waals surface area contributed by atoms with Crippen molar-refractivity contribution in [3.63, 3.8) is 0 Å². The summed E-state index contributed by atoms with van der Waals surface area (Å²) in [4.78, 5) is 4.27. The van der Waals surface area contributed by atoms with Crippen molar-refractivity contribution >= 4 is 0 Å². The largest absolute Gasteiger partial charge is 0.361 e. The number of rotatable bonds is 5. The van der Waals surface area contributed by atoms with E-state index in [4.69, 9.17) is 10.3 Å². The Morgan fingerprint density at radius 3 is 2.63 bits per heavy atom. The molecule has 5 nitrogen and oxygen atoms in total. The summed E-state index contributed by atoms with van der Waals surface area (Å²) in [6.07, 6.45) is 3.77. The van der Waals surface area contributed by atoms with Crippen molar-refractivity contribution in [3.05, 3.63) is 35.2 Å². The fraction of sp³-hybridized carbons (Fsp3) is 0.571. The smallest absolute Gasteiger partial charge is 0.138 e. The van der Waals surface area contributed by atoms with Crippen molar-refractivity contribution < 1.29 is 4.52 Å². The molecular weight excluding hydrogens is 240 g/mol. The number of nitrogens with two attached hydrogens (primary N) is 1. The molecule has 0 aliphatic heterocycles. The quantitative estimate of drug-likeness (QED) is 0.897. The molecule has 0 aliphatic rings. The summed E-state index contributed by atoms with van der Waals surface area (Å²) >= 11 is 0. The van der Waals surface area contributed by atoms with E-state index < -0.39 is 0 Å². The summed E-state index contributed by atoms with van der Waals surface area (Å²) in [6.45, 7) is 9.64. The molecule has 0 aromatic carbocycles. The van der Waals surface area contributed by atoms with E-state index in [9.17, 15) is 0 Å². The van der Waals surface area contributed by atoms with Crippen molar-refractivity contribution in [2.24, 2.45) is 11.7 Å². The zero-order chi connectivity index (χ0) is 14.0. The first-order valence-corrected chi connectivity index (χ1v) is 6.66. The maximum Gasteiger partial charge on any atom is 0.138 e. The molecule has 0 radical (unpaired) electrons. The molecule has 2 aromatic heterocycles. The normalized spacial score (nSPS) is 13.2. The first-order valence-electron chi connectivity index (χ1n) is 6.66. The summed E-state index contributed by atoms with van der Waals surface area (Å²) in [5.74, 6) is 1.68. The molecule has 2 rings (SSSR count). The van der Waals surface area contributed by atoms with Crippen LogP contribution in [0.4, 0.5) is 0 Å². The first kappa shape index (κ1) is 13.8. The molecule has 1 atom stereocenters. The van der Waals surface area contributed by atoms with Crippen LogP contribution in [0.25, 0.3) is 0 Å². The summed E-state index contributed by atoms with van der Waals surface area (Å²) in [5.41, 5.74) is 9.13. The highest BCUT2D eigenvalue weighted by molar-refractivity contribution is 5.22. The number of aryl methyl sites for hydroxylation is 2. The second-order valence-electron chi connectivity index (χ2n) is 5.34. The SMILES string of the molecule is Cc1noc(C)c1Cn1cncc1C(CN)C(C)C. The molecule has 2 aromatic rings. The van der Waals surface area contributed by atoms with E-state index in [1.54, 1.807) is 0 Å². The van der Waals surface area contributed by atoms with Crippen LogP contribution >= 0.6 is 0 Å². The van der Waals surface area contributed by atoms with E-state index in [1.807, 2.05) is 26.4 Å². The second-order valence-corrected chi connectivity index (χ2v) is 5.34. The lowest BCUT2D eigenvalue weighted by Gasteiger charge is -2.20. The van der Waals surface area contributed by atoms with Gasteiger partial charge in [-0.2, -0.15) is 0 Å². The van der Waals surface area contributed by atoms with E-state index >= 15 is 0 Å². The molecule has 0 saturated heterocycles. The minimum Gasteiger partial charge on any atom is -0.361 e. The highest BCUT2D eigenvalue weighted by Gasteiger charge is 2.19. The monoisotopic (exact) mass is 262 g/mol. The Bertz CT molecular complexity index is 522. The van der Waals surface area contributed by atoms with Crippen LogP contribution in [0.5, 0.6) is 0 Å². The van der Waals surface area contributed by atoms with Crippen molar-refractivity contribution in [3.8, 4) is 0 Å². The van der Waals surface area contributed by atoms with Crippen molar-refractivity contribution in [2.45, 2.75) is 40.2 Å². The van der Waals surface area contributed by atoms with Crippen LogP contribution in [0.2, 0.25) is 0 Å². The summed E-state index contributed by atoms with van der Waals surface area (Å²) < 4.78 is 7.35. The lowest BCUT2D eigenvalue weighted by Crippen LogP contribution is -2.21. The van der Waals surface area contributed by atoms with Crippen LogP contribution in [0.3, 0.4) is 0 Å². The molecule has 5 heteroatoms. The Morgan fingerprint density at radius 2 is 2.11 bits per heavy atom. The van der Waals surface area contributed by atoms with E-state index in [1.165, 1.54) is 5.69 Å². The Hall–Kier alpha value is -1.62. The maximum atomic E-state index is 5.90. The van der Waals surface area contributed by atoms with Crippen LogP contribution in [0.15, 0.2) is 17.0 Å². The molecular formula is C14H22N4O. The molecule has 0 fully saturated rings. The maximum absolute atomic E-state index is 5.90. The van der Waals surface area contributed by atoms with Crippen molar-refractivity contribution in [2.75, 3.05) is 6.54 Å². The number of hydrogen-bond acceptors (Lipinski definition) is 4. The predicted molar refractivity (Wildman–Crippen MR) is 73.9 cm³/mol. The zero-order valence-corrected chi connectivity index (χ0v) is 12.1. The van der Waals surface area contributed by atoms with E-state index in [-0.39, 0.29) is 0 Å². The van der Waals surface area contributed by atoms with Gasteiger partial charge in [0.2, 0.25) is 0 Å². The second kappa shape index (κ2) is 5.57. The molecule has 0 amide bonds. The number of nitrogens with zero attached hydrogens (tertiary/aromatic N) is 3. The van der Waals surface area contributed by atoms with Gasteiger partial charge in [0.25, 0.3) is 0 Å². The van der Waals surface area contributed by atoms with Crippen molar-refractivity contribution in [1.29, 1.82) is 0 Å². The van der Waals surface area contributed by atoms with Gasteiger partial charge >= 0.3 is 0 Å². The number of imidazole rings is 1. The van der Waals surface area contributed by atoms with Crippen LogP contribution < -0.4 is 5.73 Å². The Labute approximate surface area is 113 Å². The highest BCUT2D eigenvalue weighted by atomic mass is 16.5. The fourth-order valence-corrected chi connectivity index (χ4v) is 2.40. The molecule has 2 heterocycles. The van der Waals surface area contributed by atoms with Gasteiger partial charge in [-0.15, -0.1) is 0 Å². The minimum absolute atomic E-state index is 0.322. The Morgan fingerprint density at radius 1 is 1.37 bits per heavy atom. The van der Waals surface area contributed by atoms with E-state index in [0.717, 1.165) is 23.6 Å². The average molecular weight is 262 g/mol. The molecule has 19 heavy (non-hydrogen) atoms. The molecule has 0 bridgehead atoms. The average Bonchev–Trinajstić information content (AvgIpc) is 2.92. The summed E-state index contributed by atoms with van der Waals surface area (Å²) in [7, 11) is 0. The van der Waals surface area contributed by atoms with Gasteiger partial charge in [0, 0.05) is 29.9 Å². The number of aromatic nitrogens is 3. The first-order chi connectivity index (χ1) is 9.04. The van der Waals surface area contributed by atoms with Gasteiger partial charge in [-0.05, 0) is 19.8 Å². The Balaban J connectivity index is 2.30. The predicted octanol–water partition coefficient (Wildman–Crippen LogP) is 2.23. The van der Waals surface area contributed by atoms with Crippen LogP contribution in [-0.2, 0) is 6.54 Å². The molecule has 0 saturated carbocycles. The van der Waals surface area contributed by atoms with Gasteiger partial charge in [0.1, 0.15) is 5.76 Å². The summed E-state index contributed by atoms with van der Waals surface area (Å²) in [6, 6.07) is 0. The lowest BCUT2D eigenvalue weighted by molar-refractivity contribution is 0.391. The van der Waals surface area contributed by atoms with Crippen molar-refractivity contribution in [1.82, 2.24) is 14.7 Å². The standard InChI is InChI=1S/C14H22N4O/c1-9(2)12(5-15)14-6-16-8-18(14)7-13-10(3)17-19-11(13)4/h6,8-9,12H,5,7,15H2,1-4H3. The van der Waals surface area contributed by atoms with Gasteiger partial charge in [0.05, 0.1) is 18.6 Å². The van der Waals surface area contributed by atoms with Crippen LogP contribution in [0, 0.1) is 19.8 Å². The van der Waals surface area contributed by atoms with Gasteiger partial charge in [-0.1, -0.05) is 19.0 Å². The topological polar surface area (TPSA) is 69.9 Å². The van der Waals surface area contributed by atoms with Gasteiger partial charge in [0.15, 0.2) is 0 Å². The summed E-state index contributed by atoms with van der Waals surface area (Å²) in [5, 5.41) is 3.99. The van der Waals surface area contributed by atoms with Gasteiger partial charge in [-0.3, -0.25) is 0 Å². The third-order valence-electron chi connectivity index (χ3n) is 3.69. The highest BCUT2D eigenvalue weighted by Crippen LogP contribution is 2.24. The van der Waals surface area contributed by atoms with Gasteiger partial charge in [-0.25, -0.2) is 4.98 Å². The third kappa shape index (κ3) is 2.71. The lowest BCUT2D eigenvalue weighted by atomic mass is 9.93. The molecule has 1 unspecified atom stereocenters. The third-order valence-corrected chi connectivity index (χ3v) is 3.69. The van der Waals surface area contributed by atoms with E-state index in [0.29, 0.717) is 18.4 Å². The molecule has 0 spiro atoms. The minimum atomic E-state index is 0.322. The van der Waals surface area contributed by atoms with Gasteiger partial charge < -0.3 is 14.8 Å². The zero-order valence-electron chi connectivity index (χ0n) is 12.1. The molecule has 0 aliphatic carbocycles. The number of hydrogen-bond donors (Lipinski definition) is 1. The molecule has 2 N–H and O–H groups in total. The Kier molecular flexibility index (Phi) is 4.04. The molecule has 104 valence electrons. The fourth-order valence-electron chi connectivity index (χ4n) is 2.40. The van der Waals surface area contributed by atoms with E-state index in [2.05, 4.69) is 28.6 Å². The van der Waals surface area contributed by atoms with Crippen LogP contribution in [-0.4, -0.2) is 21.3 Å².